The van der Waals surface area contributed by atoms with Gasteiger partial charge in [0.05, 0.1) is 5.56 Å². The van der Waals surface area contributed by atoms with Gasteiger partial charge in [-0.1, -0.05) is 24.8 Å². The average Bonchev–Trinajstić information content (AvgIpc) is 2.36. The van der Waals surface area contributed by atoms with E-state index in [1.54, 1.807) is 36.5 Å². The van der Waals surface area contributed by atoms with Crippen molar-refractivity contribution in [2.45, 2.75) is 12.8 Å². The predicted molar refractivity (Wildman–Crippen MR) is 66.5 cm³/mol. The third-order valence-corrected chi connectivity index (χ3v) is 2.06. The van der Waals surface area contributed by atoms with E-state index in [4.69, 9.17) is 0 Å². The molecule has 94 valence electrons. The van der Waals surface area contributed by atoms with Crippen molar-refractivity contribution in [3.8, 4) is 0 Å². The van der Waals surface area contributed by atoms with Gasteiger partial charge in [0.2, 0.25) is 0 Å². The van der Waals surface area contributed by atoms with Crippen molar-refractivity contribution < 1.29 is 76.3 Å². The van der Waals surface area contributed by atoms with Gasteiger partial charge in [0.25, 0.3) is 0 Å². The number of hydrogen-bond acceptors (Lipinski definition) is 4. The summed E-state index contributed by atoms with van der Waals surface area (Å²) in [5.41, 5.74) is 0.380. The molecule has 0 radical (unpaired) electrons. The van der Waals surface area contributed by atoms with E-state index in [9.17, 15) is 9.59 Å². The molecular formula is C13H17NNa2O3. The van der Waals surface area contributed by atoms with Crippen LogP contribution in [-0.4, -0.2) is 18.5 Å². The fourth-order valence-electron chi connectivity index (χ4n) is 1.22. The summed E-state index contributed by atoms with van der Waals surface area (Å²) >= 11 is 0. The molecule has 0 unspecified atom stereocenters. The van der Waals surface area contributed by atoms with E-state index >= 15 is 0 Å². The van der Waals surface area contributed by atoms with Crippen LogP contribution in [0.15, 0.2) is 43.1 Å². The van der Waals surface area contributed by atoms with Gasteiger partial charge >= 0.3 is 71.1 Å². The van der Waals surface area contributed by atoms with Crippen molar-refractivity contribution in [1.29, 1.82) is 0 Å². The summed E-state index contributed by atoms with van der Waals surface area (Å²) in [6.45, 7) is 4.12. The maximum atomic E-state index is 11.5. The van der Waals surface area contributed by atoms with Gasteiger partial charge in [-0.2, -0.15) is 0 Å². The molecular weight excluding hydrogens is 264 g/mol. The molecule has 0 heterocycles. The molecule has 0 atom stereocenters. The minimum absolute atomic E-state index is 0. The Labute approximate surface area is 160 Å². The molecule has 1 rings (SSSR count). The first-order valence-corrected chi connectivity index (χ1v) is 5.38. The Morgan fingerprint density at radius 1 is 1.26 bits per heavy atom. The van der Waals surface area contributed by atoms with Crippen molar-refractivity contribution in [3.05, 3.63) is 48.7 Å². The van der Waals surface area contributed by atoms with Crippen LogP contribution in [0, 0.1) is 0 Å². The van der Waals surface area contributed by atoms with E-state index in [0.717, 1.165) is 0 Å². The number of carbonyl (C=O) groups excluding carboxylic acids is 2. The molecule has 0 saturated carbocycles. The minimum atomic E-state index is -0.604. The average molecular weight is 281 g/mol. The smallest absolute Gasteiger partial charge is 1.00 e. The van der Waals surface area contributed by atoms with Gasteiger partial charge in [-0.3, -0.25) is 4.79 Å². The number of ether oxygens (including phenoxy) is 1. The summed E-state index contributed by atoms with van der Waals surface area (Å²) in [5.74, 6) is -1.11. The SMILES string of the molecule is C=CNCCCC(=O)OC(=O)c1ccccc1.[H-].[H-].[Na+].[Na+]. The molecule has 1 aromatic rings. The largest absolute Gasteiger partial charge is 1.00 e. The van der Waals surface area contributed by atoms with Gasteiger partial charge < -0.3 is 12.9 Å². The fraction of sp³-hybridized carbons (Fsp3) is 0.231. The zero-order valence-electron chi connectivity index (χ0n) is 13.5. The molecule has 1 N–H and O–H groups in total. The van der Waals surface area contributed by atoms with E-state index in [1.807, 2.05) is 0 Å². The topological polar surface area (TPSA) is 55.4 Å². The molecule has 0 aliphatic carbocycles. The van der Waals surface area contributed by atoms with Crippen LogP contribution in [0.4, 0.5) is 0 Å². The van der Waals surface area contributed by atoms with Crippen molar-refractivity contribution in [2.75, 3.05) is 6.54 Å². The molecule has 6 heteroatoms. The molecule has 0 aliphatic heterocycles. The monoisotopic (exact) mass is 281 g/mol. The first-order valence-electron chi connectivity index (χ1n) is 5.38. The molecule has 19 heavy (non-hydrogen) atoms. The quantitative estimate of drug-likeness (QED) is 0.251. The first-order chi connectivity index (χ1) is 8.24. The summed E-state index contributed by atoms with van der Waals surface area (Å²) in [6.07, 6.45) is 2.37. The molecule has 0 saturated heterocycles. The Balaban J connectivity index is -0.000000361. The first kappa shape index (κ1) is 21.2. The molecule has 0 spiro atoms. The van der Waals surface area contributed by atoms with Crippen LogP contribution in [0.25, 0.3) is 0 Å². The van der Waals surface area contributed by atoms with Crippen LogP contribution in [0.2, 0.25) is 0 Å². The van der Waals surface area contributed by atoms with Gasteiger partial charge in [-0.25, -0.2) is 4.79 Å². The maximum Gasteiger partial charge on any atom is 1.00 e. The summed E-state index contributed by atoms with van der Waals surface area (Å²) < 4.78 is 4.69. The van der Waals surface area contributed by atoms with E-state index in [-0.39, 0.29) is 68.4 Å². The van der Waals surface area contributed by atoms with Crippen LogP contribution in [0.1, 0.15) is 26.1 Å². The zero-order valence-corrected chi connectivity index (χ0v) is 15.5. The van der Waals surface area contributed by atoms with Gasteiger partial charge in [0.1, 0.15) is 0 Å². The minimum Gasteiger partial charge on any atom is -1.00 e. The van der Waals surface area contributed by atoms with E-state index in [0.29, 0.717) is 18.5 Å². The Morgan fingerprint density at radius 2 is 1.89 bits per heavy atom. The third kappa shape index (κ3) is 9.44. The van der Waals surface area contributed by atoms with Crippen LogP contribution < -0.4 is 64.4 Å². The summed E-state index contributed by atoms with van der Waals surface area (Å²) in [7, 11) is 0. The Bertz CT molecular complexity index is 406. The van der Waals surface area contributed by atoms with Crippen molar-refractivity contribution in [2.24, 2.45) is 0 Å². The molecule has 1 aromatic carbocycles. The summed E-state index contributed by atoms with van der Waals surface area (Å²) in [4.78, 5) is 22.8. The third-order valence-electron chi connectivity index (χ3n) is 2.06. The van der Waals surface area contributed by atoms with Crippen molar-refractivity contribution in [1.82, 2.24) is 5.32 Å². The molecule has 0 aliphatic rings. The normalized spacial score (nSPS) is 8.42. The van der Waals surface area contributed by atoms with Gasteiger partial charge in [-0.15, -0.1) is 0 Å². The second kappa shape index (κ2) is 12.9. The summed E-state index contributed by atoms with van der Waals surface area (Å²) in [5, 5.41) is 2.86. The molecule has 0 fully saturated rings. The van der Waals surface area contributed by atoms with Gasteiger partial charge in [0.15, 0.2) is 0 Å². The van der Waals surface area contributed by atoms with Crippen molar-refractivity contribution >= 4 is 11.9 Å². The number of esters is 2. The Hall–Kier alpha value is -0.1000. The van der Waals surface area contributed by atoms with E-state index in [1.165, 1.54) is 0 Å². The predicted octanol–water partition coefficient (Wildman–Crippen LogP) is -3.88. The van der Waals surface area contributed by atoms with Crippen LogP contribution in [0.5, 0.6) is 0 Å². The molecule has 4 nitrogen and oxygen atoms in total. The Morgan fingerprint density at radius 3 is 2.47 bits per heavy atom. The fourth-order valence-corrected chi connectivity index (χ4v) is 1.22. The molecule has 0 bridgehead atoms. The molecule has 0 amide bonds. The van der Waals surface area contributed by atoms with Crippen molar-refractivity contribution in [3.63, 3.8) is 0 Å². The van der Waals surface area contributed by atoms with E-state index in [2.05, 4.69) is 16.6 Å². The van der Waals surface area contributed by atoms with E-state index < -0.39 is 11.9 Å². The van der Waals surface area contributed by atoms with Gasteiger partial charge in [0, 0.05) is 13.0 Å². The second-order valence-corrected chi connectivity index (χ2v) is 3.39. The van der Waals surface area contributed by atoms with Crippen LogP contribution in [-0.2, 0) is 9.53 Å². The number of carbonyl (C=O) groups is 2. The number of benzene rings is 1. The number of hydrogen-bond donors (Lipinski definition) is 1. The standard InChI is InChI=1S/C13H15NO3.2Na.2H/c1-2-14-10-6-9-12(15)17-13(16)11-7-4-3-5-8-11;;;;/h2-5,7-8,14H,1,6,9-10H2;;;;/q;2*+1;2*-1. The summed E-state index contributed by atoms with van der Waals surface area (Å²) in [6, 6.07) is 8.44. The van der Waals surface area contributed by atoms with Crippen LogP contribution >= 0.6 is 0 Å². The zero-order chi connectivity index (χ0) is 12.5. The number of nitrogens with one attached hydrogen (secondary N) is 1. The second-order valence-electron chi connectivity index (χ2n) is 3.39. The maximum absolute atomic E-state index is 11.5. The molecule has 0 aromatic heterocycles. The number of rotatable bonds is 6. The Kier molecular flexibility index (Phi) is 14.4. The van der Waals surface area contributed by atoms with Crippen LogP contribution in [0.3, 0.4) is 0 Å². The van der Waals surface area contributed by atoms with Gasteiger partial charge in [-0.05, 0) is 24.8 Å².